The minimum Gasteiger partial charge on any atom is -0.478 e. The minimum absolute atomic E-state index is 0.119. The van der Waals surface area contributed by atoms with E-state index in [0.29, 0.717) is 23.9 Å². The maximum atomic E-state index is 12.5. The summed E-state index contributed by atoms with van der Waals surface area (Å²) in [4.78, 5) is 11.0. The van der Waals surface area contributed by atoms with Crippen LogP contribution in [0.1, 0.15) is 23.2 Å². The third-order valence-electron chi connectivity index (χ3n) is 3.04. The predicted octanol–water partition coefficient (Wildman–Crippen LogP) is 2.10. The lowest BCUT2D eigenvalue weighted by atomic mass is 10.2. The van der Waals surface area contributed by atoms with Gasteiger partial charge in [-0.25, -0.2) is 13.2 Å². The van der Waals surface area contributed by atoms with Crippen molar-refractivity contribution < 1.29 is 23.1 Å². The molecule has 104 valence electrons. The van der Waals surface area contributed by atoms with Crippen LogP contribution in [0.3, 0.4) is 0 Å². The Balaban J connectivity index is 2.49. The lowest BCUT2D eigenvalue weighted by Gasteiger charge is -2.23. The Bertz CT molecular complexity index is 590. The number of hydrogen-bond donors (Lipinski definition) is 1. The molecule has 0 amide bonds. The Labute approximate surface area is 119 Å². The molecule has 5 nitrogen and oxygen atoms in total. The second-order valence-electron chi connectivity index (χ2n) is 4.33. The lowest BCUT2D eigenvalue weighted by Crippen LogP contribution is -2.31. The van der Waals surface area contributed by atoms with E-state index in [4.69, 9.17) is 9.84 Å². The number of halogens is 1. The van der Waals surface area contributed by atoms with Crippen molar-refractivity contribution in [1.29, 1.82) is 0 Å². The normalized spacial score (nSPS) is 20.2. The first kappa shape index (κ1) is 14.5. The van der Waals surface area contributed by atoms with E-state index >= 15 is 0 Å². The molecule has 0 spiro atoms. The van der Waals surface area contributed by atoms with Gasteiger partial charge in [-0.1, -0.05) is 15.9 Å². The van der Waals surface area contributed by atoms with Crippen molar-refractivity contribution in [1.82, 2.24) is 0 Å². The van der Waals surface area contributed by atoms with Crippen LogP contribution in [0.15, 0.2) is 27.6 Å². The van der Waals surface area contributed by atoms with Crippen molar-refractivity contribution in [2.75, 3.05) is 13.2 Å². The molecule has 1 aliphatic heterocycles. The molecule has 1 unspecified atom stereocenters. The maximum absolute atomic E-state index is 12.5. The number of hydrogen-bond acceptors (Lipinski definition) is 4. The highest BCUT2D eigenvalue weighted by Gasteiger charge is 2.32. The zero-order chi connectivity index (χ0) is 14.0. The monoisotopic (exact) mass is 348 g/mol. The van der Waals surface area contributed by atoms with Gasteiger partial charge in [0.1, 0.15) is 0 Å². The van der Waals surface area contributed by atoms with Crippen LogP contribution < -0.4 is 0 Å². The van der Waals surface area contributed by atoms with Crippen LogP contribution in [0, 0.1) is 0 Å². The number of sulfone groups is 1. The molecular weight excluding hydrogens is 336 g/mol. The van der Waals surface area contributed by atoms with Crippen LogP contribution in [0.5, 0.6) is 0 Å². The summed E-state index contributed by atoms with van der Waals surface area (Å²) in [6, 6.07) is 4.15. The summed E-state index contributed by atoms with van der Waals surface area (Å²) < 4.78 is 30.7. The van der Waals surface area contributed by atoms with E-state index in [2.05, 4.69) is 15.9 Å². The van der Waals surface area contributed by atoms with E-state index in [9.17, 15) is 13.2 Å². The summed E-state index contributed by atoms with van der Waals surface area (Å²) in [6.45, 7) is 0.671. The second kappa shape index (κ2) is 5.60. The Morgan fingerprint density at radius 1 is 1.42 bits per heavy atom. The van der Waals surface area contributed by atoms with Crippen molar-refractivity contribution in [2.45, 2.75) is 23.0 Å². The first-order valence-corrected chi connectivity index (χ1v) is 8.11. The van der Waals surface area contributed by atoms with E-state index in [1.807, 2.05) is 0 Å². The van der Waals surface area contributed by atoms with Gasteiger partial charge in [0.15, 0.2) is 9.84 Å². The second-order valence-corrected chi connectivity index (χ2v) is 7.44. The van der Waals surface area contributed by atoms with Crippen LogP contribution in [-0.4, -0.2) is 38.0 Å². The van der Waals surface area contributed by atoms with Gasteiger partial charge in [-0.3, -0.25) is 0 Å². The Kier molecular flexibility index (Phi) is 4.27. The molecule has 0 aromatic heterocycles. The molecule has 0 radical (unpaired) electrons. The van der Waals surface area contributed by atoms with Crippen molar-refractivity contribution in [2.24, 2.45) is 0 Å². The van der Waals surface area contributed by atoms with Crippen molar-refractivity contribution in [3.63, 3.8) is 0 Å². The molecule has 1 aromatic carbocycles. The summed E-state index contributed by atoms with van der Waals surface area (Å²) in [5.41, 5.74) is -0.200. The summed E-state index contributed by atoms with van der Waals surface area (Å²) in [5, 5.41) is 8.43. The standard InChI is InChI=1S/C12H13BrO5S/c13-8-3-4-10(12(14)15)11(6-8)19(16,17)9-2-1-5-18-7-9/h3-4,6,9H,1-2,5,7H2,(H,14,15). The van der Waals surface area contributed by atoms with Crippen LogP contribution >= 0.6 is 15.9 Å². The fourth-order valence-electron chi connectivity index (χ4n) is 2.04. The number of carboxylic acids is 1. The number of rotatable bonds is 3. The van der Waals surface area contributed by atoms with Crippen LogP contribution in [0.4, 0.5) is 0 Å². The van der Waals surface area contributed by atoms with Gasteiger partial charge in [-0.05, 0) is 31.0 Å². The highest BCUT2D eigenvalue weighted by molar-refractivity contribution is 9.10. The number of carboxylic acid groups (broad SMARTS) is 1. The van der Waals surface area contributed by atoms with Gasteiger partial charge in [-0.2, -0.15) is 0 Å². The molecule has 1 atom stereocenters. The molecule has 1 fully saturated rings. The van der Waals surface area contributed by atoms with Crippen molar-refractivity contribution in [3.05, 3.63) is 28.2 Å². The average Bonchev–Trinajstić information content (AvgIpc) is 2.39. The molecule has 2 rings (SSSR count). The number of ether oxygens (including phenoxy) is 1. The molecule has 0 aliphatic carbocycles. The van der Waals surface area contributed by atoms with E-state index in [1.54, 1.807) is 0 Å². The van der Waals surface area contributed by atoms with E-state index < -0.39 is 21.1 Å². The third kappa shape index (κ3) is 2.98. The molecule has 1 saturated heterocycles. The highest BCUT2D eigenvalue weighted by Crippen LogP contribution is 2.28. The summed E-state index contributed by atoms with van der Waals surface area (Å²) in [6.07, 6.45) is 1.16. The number of aromatic carboxylic acids is 1. The highest BCUT2D eigenvalue weighted by atomic mass is 79.9. The molecule has 19 heavy (non-hydrogen) atoms. The molecule has 1 aliphatic rings. The fourth-order valence-corrected chi connectivity index (χ4v) is 4.42. The minimum atomic E-state index is -3.70. The Morgan fingerprint density at radius 2 is 2.16 bits per heavy atom. The van der Waals surface area contributed by atoms with E-state index in [1.165, 1.54) is 18.2 Å². The van der Waals surface area contributed by atoms with Crippen molar-refractivity contribution in [3.8, 4) is 0 Å². The molecule has 7 heteroatoms. The van der Waals surface area contributed by atoms with Gasteiger partial charge in [0.2, 0.25) is 0 Å². The molecule has 0 bridgehead atoms. The zero-order valence-electron chi connectivity index (χ0n) is 10.0. The summed E-state index contributed by atoms with van der Waals surface area (Å²) in [5.74, 6) is -1.25. The third-order valence-corrected chi connectivity index (χ3v) is 5.73. The molecule has 0 saturated carbocycles. The van der Waals surface area contributed by atoms with Gasteiger partial charge in [0, 0.05) is 11.1 Å². The molecule has 1 aromatic rings. The first-order valence-electron chi connectivity index (χ1n) is 5.77. The summed E-state index contributed by atoms with van der Waals surface area (Å²) in [7, 11) is -3.70. The van der Waals surface area contributed by atoms with E-state index in [-0.39, 0.29) is 17.1 Å². The zero-order valence-corrected chi connectivity index (χ0v) is 12.4. The average molecular weight is 349 g/mol. The summed E-state index contributed by atoms with van der Waals surface area (Å²) >= 11 is 3.17. The largest absolute Gasteiger partial charge is 0.478 e. The van der Waals surface area contributed by atoms with Gasteiger partial charge in [0.05, 0.1) is 22.3 Å². The van der Waals surface area contributed by atoms with Crippen LogP contribution in [0.25, 0.3) is 0 Å². The SMILES string of the molecule is O=C(O)c1ccc(Br)cc1S(=O)(=O)C1CCCOC1. The topological polar surface area (TPSA) is 80.7 Å². The maximum Gasteiger partial charge on any atom is 0.337 e. The smallest absolute Gasteiger partial charge is 0.337 e. The number of benzene rings is 1. The van der Waals surface area contributed by atoms with Crippen molar-refractivity contribution >= 4 is 31.7 Å². The first-order chi connectivity index (χ1) is 8.93. The van der Waals surface area contributed by atoms with Crippen LogP contribution in [0.2, 0.25) is 0 Å². The van der Waals surface area contributed by atoms with Gasteiger partial charge in [-0.15, -0.1) is 0 Å². The van der Waals surface area contributed by atoms with E-state index in [0.717, 1.165) is 0 Å². The van der Waals surface area contributed by atoms with Gasteiger partial charge >= 0.3 is 5.97 Å². The number of carbonyl (C=O) groups is 1. The molecular formula is C12H13BrO5S. The van der Waals surface area contributed by atoms with Gasteiger partial charge < -0.3 is 9.84 Å². The predicted molar refractivity (Wildman–Crippen MR) is 72.1 cm³/mol. The Morgan fingerprint density at radius 3 is 2.74 bits per heavy atom. The quantitative estimate of drug-likeness (QED) is 0.904. The Hall–Kier alpha value is -0.920. The molecule has 1 N–H and O–H groups in total. The fraction of sp³-hybridized carbons (Fsp3) is 0.417. The lowest BCUT2D eigenvalue weighted by molar-refractivity contribution is 0.0692. The van der Waals surface area contributed by atoms with Crippen LogP contribution in [-0.2, 0) is 14.6 Å². The van der Waals surface area contributed by atoms with Gasteiger partial charge in [0.25, 0.3) is 0 Å². The molecule has 1 heterocycles.